The molecule has 20 heavy (non-hydrogen) atoms. The summed E-state index contributed by atoms with van der Waals surface area (Å²) in [6.07, 6.45) is 2.95. The van der Waals surface area contributed by atoms with Crippen LogP contribution in [0.4, 0.5) is 0 Å². The van der Waals surface area contributed by atoms with Gasteiger partial charge in [0.2, 0.25) is 0 Å². The smallest absolute Gasteiger partial charge is 0.118 e. The van der Waals surface area contributed by atoms with Crippen molar-refractivity contribution in [2.75, 3.05) is 33.3 Å². The van der Waals surface area contributed by atoms with Gasteiger partial charge in [-0.25, -0.2) is 0 Å². The van der Waals surface area contributed by atoms with Gasteiger partial charge in [0.25, 0.3) is 0 Å². The first kappa shape index (κ1) is 15.3. The third-order valence-electron chi connectivity index (χ3n) is 3.87. The van der Waals surface area contributed by atoms with E-state index < -0.39 is 0 Å². The molecule has 0 saturated carbocycles. The highest BCUT2D eigenvalue weighted by Gasteiger charge is 2.15. The third kappa shape index (κ3) is 5.12. The first-order valence-electron chi connectivity index (χ1n) is 7.52. The molecule has 1 heterocycles. The summed E-state index contributed by atoms with van der Waals surface area (Å²) in [5.41, 5.74) is 1.28. The van der Waals surface area contributed by atoms with Crippen LogP contribution in [0.5, 0.6) is 5.75 Å². The van der Waals surface area contributed by atoms with Crippen molar-refractivity contribution in [2.24, 2.45) is 0 Å². The van der Waals surface area contributed by atoms with Gasteiger partial charge < -0.3 is 20.1 Å². The molecule has 0 unspecified atom stereocenters. The van der Waals surface area contributed by atoms with E-state index in [0.717, 1.165) is 57.7 Å². The molecule has 0 radical (unpaired) electrons. The minimum atomic E-state index is -0.0700. The fraction of sp³-hybridized carbons (Fsp3) is 0.625. The largest absolute Gasteiger partial charge is 0.497 e. The Morgan fingerprint density at radius 2 is 1.95 bits per heavy atom. The monoisotopic (exact) mass is 278 g/mol. The number of piperidine rings is 1. The summed E-state index contributed by atoms with van der Waals surface area (Å²) >= 11 is 0. The molecule has 4 nitrogen and oxygen atoms in total. The van der Waals surface area contributed by atoms with Gasteiger partial charge in [-0.2, -0.15) is 0 Å². The molecule has 0 aliphatic carbocycles. The minimum Gasteiger partial charge on any atom is -0.497 e. The van der Waals surface area contributed by atoms with E-state index in [1.165, 1.54) is 5.56 Å². The quantitative estimate of drug-likeness (QED) is 0.744. The van der Waals surface area contributed by atoms with Gasteiger partial charge in [0.1, 0.15) is 5.75 Å². The van der Waals surface area contributed by atoms with Crippen LogP contribution in [0.15, 0.2) is 24.3 Å². The zero-order chi connectivity index (χ0) is 14.2. The lowest BCUT2D eigenvalue weighted by molar-refractivity contribution is 0.0821. The van der Waals surface area contributed by atoms with E-state index in [4.69, 9.17) is 4.74 Å². The summed E-state index contributed by atoms with van der Waals surface area (Å²) in [7, 11) is 1.69. The Labute approximate surface area is 121 Å². The molecule has 0 spiro atoms. The van der Waals surface area contributed by atoms with Crippen LogP contribution in [0.3, 0.4) is 0 Å². The summed E-state index contributed by atoms with van der Waals surface area (Å²) in [4.78, 5) is 2.45. The number of benzene rings is 1. The molecule has 1 aromatic rings. The molecule has 1 aliphatic rings. The Bertz CT molecular complexity index is 373. The van der Waals surface area contributed by atoms with Crippen LogP contribution in [0.1, 0.15) is 24.8 Å². The van der Waals surface area contributed by atoms with Gasteiger partial charge in [0, 0.05) is 19.6 Å². The van der Waals surface area contributed by atoms with Crippen molar-refractivity contribution in [3.8, 4) is 5.75 Å². The minimum absolute atomic E-state index is 0.0700. The van der Waals surface area contributed by atoms with Gasteiger partial charge in [-0.1, -0.05) is 12.1 Å². The fourth-order valence-electron chi connectivity index (χ4n) is 2.55. The van der Waals surface area contributed by atoms with Crippen molar-refractivity contribution in [1.29, 1.82) is 0 Å². The van der Waals surface area contributed by atoms with Crippen molar-refractivity contribution in [3.05, 3.63) is 29.8 Å². The van der Waals surface area contributed by atoms with E-state index in [0.29, 0.717) is 0 Å². The molecule has 0 aromatic heterocycles. The molecule has 1 fully saturated rings. The number of nitrogens with zero attached hydrogens (tertiary/aromatic N) is 1. The fourth-order valence-corrected chi connectivity index (χ4v) is 2.55. The summed E-state index contributed by atoms with van der Waals surface area (Å²) in [6, 6.07) is 8.18. The Hall–Kier alpha value is -1.10. The zero-order valence-electron chi connectivity index (χ0n) is 12.3. The summed E-state index contributed by atoms with van der Waals surface area (Å²) in [5.74, 6) is 0.904. The van der Waals surface area contributed by atoms with Crippen LogP contribution in [0.25, 0.3) is 0 Å². The van der Waals surface area contributed by atoms with E-state index in [1.807, 2.05) is 12.1 Å². The molecule has 1 saturated heterocycles. The molecule has 2 N–H and O–H groups in total. The maximum absolute atomic E-state index is 9.45. The average Bonchev–Trinajstić information content (AvgIpc) is 2.49. The standard InChI is InChI=1S/C16H26N2O2/c1-20-16-5-3-14(4-6-16)13-17-9-2-10-18-11-7-15(19)8-12-18/h3-6,15,17,19H,2,7-13H2,1H3. The lowest BCUT2D eigenvalue weighted by atomic mass is 10.1. The number of aliphatic hydroxyl groups excluding tert-OH is 1. The molecule has 4 heteroatoms. The average molecular weight is 278 g/mol. The molecule has 112 valence electrons. The molecular weight excluding hydrogens is 252 g/mol. The van der Waals surface area contributed by atoms with Crippen LogP contribution in [-0.4, -0.2) is 49.4 Å². The highest BCUT2D eigenvalue weighted by molar-refractivity contribution is 5.26. The Morgan fingerprint density at radius 1 is 1.25 bits per heavy atom. The first-order chi connectivity index (χ1) is 9.78. The molecule has 2 rings (SSSR count). The molecular formula is C16H26N2O2. The predicted molar refractivity (Wildman–Crippen MR) is 81.0 cm³/mol. The molecule has 1 aromatic carbocycles. The maximum atomic E-state index is 9.45. The van der Waals surface area contributed by atoms with E-state index in [2.05, 4.69) is 22.3 Å². The number of aliphatic hydroxyl groups is 1. The van der Waals surface area contributed by atoms with Crippen molar-refractivity contribution in [2.45, 2.75) is 31.9 Å². The van der Waals surface area contributed by atoms with Gasteiger partial charge in [-0.15, -0.1) is 0 Å². The van der Waals surface area contributed by atoms with Crippen LogP contribution in [0, 0.1) is 0 Å². The van der Waals surface area contributed by atoms with Gasteiger partial charge in [-0.05, 0) is 50.0 Å². The lowest BCUT2D eigenvalue weighted by Gasteiger charge is -2.29. The van der Waals surface area contributed by atoms with Crippen LogP contribution >= 0.6 is 0 Å². The molecule has 0 bridgehead atoms. The molecule has 0 atom stereocenters. The van der Waals surface area contributed by atoms with Crippen molar-refractivity contribution in [3.63, 3.8) is 0 Å². The lowest BCUT2D eigenvalue weighted by Crippen LogP contribution is -2.37. The number of hydrogen-bond acceptors (Lipinski definition) is 4. The number of rotatable bonds is 7. The van der Waals surface area contributed by atoms with Crippen LogP contribution in [0.2, 0.25) is 0 Å². The van der Waals surface area contributed by atoms with Crippen molar-refractivity contribution in [1.82, 2.24) is 10.2 Å². The summed E-state index contributed by atoms with van der Waals surface area (Å²) in [5, 5.41) is 12.9. The van der Waals surface area contributed by atoms with E-state index in [-0.39, 0.29) is 6.10 Å². The van der Waals surface area contributed by atoms with Gasteiger partial charge in [-0.3, -0.25) is 0 Å². The van der Waals surface area contributed by atoms with E-state index in [1.54, 1.807) is 7.11 Å². The number of ether oxygens (including phenoxy) is 1. The second kappa shape index (κ2) is 8.25. The normalized spacial score (nSPS) is 17.3. The second-order valence-corrected chi connectivity index (χ2v) is 5.45. The number of likely N-dealkylation sites (tertiary alicyclic amines) is 1. The number of methoxy groups -OCH3 is 1. The summed E-state index contributed by atoms with van der Waals surface area (Å²) in [6.45, 7) is 5.15. The van der Waals surface area contributed by atoms with Crippen molar-refractivity contribution < 1.29 is 9.84 Å². The topological polar surface area (TPSA) is 44.7 Å². The van der Waals surface area contributed by atoms with Crippen molar-refractivity contribution >= 4 is 0 Å². The highest BCUT2D eigenvalue weighted by atomic mass is 16.5. The Morgan fingerprint density at radius 3 is 2.60 bits per heavy atom. The third-order valence-corrected chi connectivity index (χ3v) is 3.87. The predicted octanol–water partition coefficient (Wildman–Crippen LogP) is 1.63. The van der Waals surface area contributed by atoms with Gasteiger partial charge in [0.05, 0.1) is 13.2 Å². The van der Waals surface area contributed by atoms with E-state index >= 15 is 0 Å². The number of nitrogens with one attached hydrogen (secondary N) is 1. The number of hydrogen-bond donors (Lipinski definition) is 2. The van der Waals surface area contributed by atoms with E-state index in [9.17, 15) is 5.11 Å². The zero-order valence-corrected chi connectivity index (χ0v) is 12.3. The maximum Gasteiger partial charge on any atom is 0.118 e. The highest BCUT2D eigenvalue weighted by Crippen LogP contribution is 2.11. The SMILES string of the molecule is COc1ccc(CNCCCN2CCC(O)CC2)cc1. The second-order valence-electron chi connectivity index (χ2n) is 5.45. The Kier molecular flexibility index (Phi) is 6.30. The van der Waals surface area contributed by atoms with Crippen LogP contribution in [-0.2, 0) is 6.54 Å². The van der Waals surface area contributed by atoms with Gasteiger partial charge in [0.15, 0.2) is 0 Å². The summed E-state index contributed by atoms with van der Waals surface area (Å²) < 4.78 is 5.14. The Balaban J connectivity index is 1.55. The first-order valence-corrected chi connectivity index (χ1v) is 7.52. The molecule has 1 aliphatic heterocycles. The molecule has 0 amide bonds. The van der Waals surface area contributed by atoms with Crippen LogP contribution < -0.4 is 10.1 Å². The van der Waals surface area contributed by atoms with Gasteiger partial charge >= 0.3 is 0 Å².